The zero-order valence-corrected chi connectivity index (χ0v) is 9.49. The van der Waals surface area contributed by atoms with Crippen molar-refractivity contribution in [3.8, 4) is 5.75 Å². The second kappa shape index (κ2) is 4.04. The summed E-state index contributed by atoms with van der Waals surface area (Å²) in [6.07, 6.45) is 0.969. The summed E-state index contributed by atoms with van der Waals surface area (Å²) in [6, 6.07) is 5.21. The maximum absolute atomic E-state index is 11.8. The van der Waals surface area contributed by atoms with Crippen LogP contribution in [0.3, 0.4) is 0 Å². The van der Waals surface area contributed by atoms with E-state index < -0.39 is 0 Å². The topological polar surface area (TPSA) is 64.3 Å². The van der Waals surface area contributed by atoms with Gasteiger partial charge in [-0.15, -0.1) is 0 Å². The highest BCUT2D eigenvalue weighted by molar-refractivity contribution is 5.96. The molecule has 0 bridgehead atoms. The highest BCUT2D eigenvalue weighted by Crippen LogP contribution is 2.39. The van der Waals surface area contributed by atoms with Gasteiger partial charge in [0, 0.05) is 11.6 Å². The predicted octanol–water partition coefficient (Wildman–Crippen LogP) is 1.87. The summed E-state index contributed by atoms with van der Waals surface area (Å²) < 4.78 is 5.16. The van der Waals surface area contributed by atoms with E-state index in [1.807, 2.05) is 0 Å². The number of anilines is 2. The van der Waals surface area contributed by atoms with Crippen molar-refractivity contribution < 1.29 is 9.53 Å². The third-order valence-corrected chi connectivity index (χ3v) is 2.93. The van der Waals surface area contributed by atoms with Gasteiger partial charge in [-0.1, -0.05) is 6.92 Å². The third kappa shape index (κ3) is 2.10. The second-order valence-corrected chi connectivity index (χ2v) is 4.27. The molecule has 1 amide bonds. The van der Waals surface area contributed by atoms with E-state index in [0.717, 1.165) is 6.42 Å². The Morgan fingerprint density at radius 2 is 2.25 bits per heavy atom. The van der Waals surface area contributed by atoms with Gasteiger partial charge in [-0.3, -0.25) is 4.79 Å². The first kappa shape index (κ1) is 10.8. The monoisotopic (exact) mass is 220 g/mol. The van der Waals surface area contributed by atoms with Crippen LogP contribution >= 0.6 is 0 Å². The minimum absolute atomic E-state index is 0.0522. The maximum atomic E-state index is 11.8. The quantitative estimate of drug-likeness (QED) is 0.764. The summed E-state index contributed by atoms with van der Waals surface area (Å²) in [6.45, 7) is 2.07. The van der Waals surface area contributed by atoms with Crippen molar-refractivity contribution >= 4 is 17.3 Å². The molecule has 2 unspecified atom stereocenters. The van der Waals surface area contributed by atoms with Gasteiger partial charge in [0.1, 0.15) is 5.75 Å². The maximum Gasteiger partial charge on any atom is 0.227 e. The fraction of sp³-hybridized carbons (Fsp3) is 0.417. The molecule has 2 atom stereocenters. The van der Waals surface area contributed by atoms with E-state index >= 15 is 0 Å². The van der Waals surface area contributed by atoms with Crippen LogP contribution in [0.4, 0.5) is 11.4 Å². The van der Waals surface area contributed by atoms with E-state index in [1.54, 1.807) is 25.3 Å². The molecule has 0 radical (unpaired) electrons. The average Bonchev–Trinajstić information content (AvgIpc) is 2.96. The Bertz CT molecular complexity index is 417. The lowest BCUT2D eigenvalue weighted by molar-refractivity contribution is -0.117. The van der Waals surface area contributed by atoms with Crippen LogP contribution in [0.5, 0.6) is 5.75 Å². The smallest absolute Gasteiger partial charge is 0.227 e. The van der Waals surface area contributed by atoms with Crippen LogP contribution in [0.2, 0.25) is 0 Å². The van der Waals surface area contributed by atoms with Crippen LogP contribution in [0.15, 0.2) is 18.2 Å². The first-order valence-electron chi connectivity index (χ1n) is 5.36. The summed E-state index contributed by atoms with van der Waals surface area (Å²) in [5.74, 6) is 1.32. The third-order valence-electron chi connectivity index (χ3n) is 2.93. The molecule has 0 aromatic heterocycles. The fourth-order valence-electron chi connectivity index (χ4n) is 1.74. The SMILES string of the molecule is COc1ccc(N)cc1NC(=O)C1CC1C. The number of carbonyl (C=O) groups is 1. The van der Waals surface area contributed by atoms with Gasteiger partial charge in [-0.25, -0.2) is 0 Å². The number of rotatable bonds is 3. The summed E-state index contributed by atoms with van der Waals surface area (Å²) in [5, 5.41) is 2.85. The van der Waals surface area contributed by atoms with Crippen LogP contribution in [0, 0.1) is 11.8 Å². The molecule has 0 heterocycles. The van der Waals surface area contributed by atoms with Crippen molar-refractivity contribution in [1.82, 2.24) is 0 Å². The second-order valence-electron chi connectivity index (χ2n) is 4.27. The summed E-state index contributed by atoms with van der Waals surface area (Å²) in [4.78, 5) is 11.8. The Morgan fingerprint density at radius 3 is 2.81 bits per heavy atom. The summed E-state index contributed by atoms with van der Waals surface area (Å²) in [5.41, 5.74) is 6.93. The van der Waals surface area contributed by atoms with Gasteiger partial charge in [-0.2, -0.15) is 0 Å². The number of benzene rings is 1. The molecule has 0 spiro atoms. The minimum Gasteiger partial charge on any atom is -0.495 e. The molecule has 1 aliphatic rings. The Hall–Kier alpha value is -1.71. The lowest BCUT2D eigenvalue weighted by atomic mass is 10.2. The molecule has 1 fully saturated rings. The lowest BCUT2D eigenvalue weighted by Gasteiger charge is -2.10. The van der Waals surface area contributed by atoms with E-state index in [2.05, 4.69) is 12.2 Å². The Labute approximate surface area is 94.8 Å². The number of hydrogen-bond donors (Lipinski definition) is 2. The van der Waals surface area contributed by atoms with Crippen LogP contribution in [0.1, 0.15) is 13.3 Å². The van der Waals surface area contributed by atoms with Gasteiger partial charge in [-0.05, 0) is 30.5 Å². The molecular formula is C12H16N2O2. The number of hydrogen-bond acceptors (Lipinski definition) is 3. The molecule has 4 nitrogen and oxygen atoms in total. The Balaban J connectivity index is 2.13. The summed E-state index contributed by atoms with van der Waals surface area (Å²) in [7, 11) is 1.57. The largest absolute Gasteiger partial charge is 0.495 e. The Kier molecular flexibility index (Phi) is 2.73. The molecule has 86 valence electrons. The fourth-order valence-corrected chi connectivity index (χ4v) is 1.74. The van der Waals surface area contributed by atoms with Gasteiger partial charge in [0.2, 0.25) is 5.91 Å². The zero-order valence-electron chi connectivity index (χ0n) is 9.49. The highest BCUT2D eigenvalue weighted by atomic mass is 16.5. The van der Waals surface area contributed by atoms with Crippen molar-refractivity contribution in [2.75, 3.05) is 18.2 Å². The van der Waals surface area contributed by atoms with Crippen molar-refractivity contribution in [3.05, 3.63) is 18.2 Å². The predicted molar refractivity (Wildman–Crippen MR) is 63.3 cm³/mol. The van der Waals surface area contributed by atoms with E-state index in [1.165, 1.54) is 0 Å². The van der Waals surface area contributed by atoms with E-state index in [-0.39, 0.29) is 11.8 Å². The lowest BCUT2D eigenvalue weighted by Crippen LogP contribution is -2.15. The average molecular weight is 220 g/mol. The minimum atomic E-state index is 0.0522. The van der Waals surface area contributed by atoms with Gasteiger partial charge in [0.05, 0.1) is 12.8 Å². The normalized spacial score (nSPS) is 22.6. The van der Waals surface area contributed by atoms with Crippen molar-refractivity contribution in [2.45, 2.75) is 13.3 Å². The van der Waals surface area contributed by atoms with Gasteiger partial charge in [0.15, 0.2) is 0 Å². The molecule has 16 heavy (non-hydrogen) atoms. The van der Waals surface area contributed by atoms with Gasteiger partial charge >= 0.3 is 0 Å². The van der Waals surface area contributed by atoms with E-state index in [9.17, 15) is 4.79 Å². The van der Waals surface area contributed by atoms with Gasteiger partial charge in [0.25, 0.3) is 0 Å². The van der Waals surface area contributed by atoms with Crippen LogP contribution in [0.25, 0.3) is 0 Å². The molecule has 1 aliphatic carbocycles. The molecule has 1 aromatic carbocycles. The molecule has 0 saturated heterocycles. The molecule has 1 aromatic rings. The number of ether oxygens (including phenoxy) is 1. The molecule has 4 heteroatoms. The van der Waals surface area contributed by atoms with Crippen molar-refractivity contribution in [1.29, 1.82) is 0 Å². The highest BCUT2D eigenvalue weighted by Gasteiger charge is 2.39. The molecular weight excluding hydrogens is 204 g/mol. The molecule has 1 saturated carbocycles. The van der Waals surface area contributed by atoms with E-state index in [4.69, 9.17) is 10.5 Å². The first-order valence-corrected chi connectivity index (χ1v) is 5.36. The number of methoxy groups -OCH3 is 1. The van der Waals surface area contributed by atoms with Crippen LogP contribution < -0.4 is 15.8 Å². The molecule has 0 aliphatic heterocycles. The van der Waals surface area contributed by atoms with Crippen LogP contribution in [-0.2, 0) is 4.79 Å². The number of nitrogen functional groups attached to an aromatic ring is 1. The molecule has 3 N–H and O–H groups in total. The van der Waals surface area contributed by atoms with Crippen molar-refractivity contribution in [2.24, 2.45) is 11.8 Å². The Morgan fingerprint density at radius 1 is 1.56 bits per heavy atom. The first-order chi connectivity index (χ1) is 7.61. The van der Waals surface area contributed by atoms with E-state index in [0.29, 0.717) is 23.0 Å². The van der Waals surface area contributed by atoms with Gasteiger partial charge < -0.3 is 15.8 Å². The number of carbonyl (C=O) groups excluding carboxylic acids is 1. The molecule has 2 rings (SSSR count). The zero-order chi connectivity index (χ0) is 11.7. The number of nitrogens with two attached hydrogens (primary N) is 1. The number of amides is 1. The van der Waals surface area contributed by atoms with Crippen LogP contribution in [-0.4, -0.2) is 13.0 Å². The number of nitrogens with one attached hydrogen (secondary N) is 1. The van der Waals surface area contributed by atoms with Crippen molar-refractivity contribution in [3.63, 3.8) is 0 Å². The standard InChI is InChI=1S/C12H16N2O2/c1-7-5-9(7)12(15)14-10-6-8(13)3-4-11(10)16-2/h3-4,6-7,9H,5,13H2,1-2H3,(H,14,15). The summed E-state index contributed by atoms with van der Waals surface area (Å²) >= 11 is 0.